The number of hydrogen-bond donors (Lipinski definition) is 2. The Hall–Kier alpha value is -4.14. The largest absolute Gasteiger partial charge is 0.496 e. The van der Waals surface area contributed by atoms with Gasteiger partial charge in [-0.1, -0.05) is 71.4 Å². The highest BCUT2D eigenvalue weighted by Crippen LogP contribution is 2.41. The lowest BCUT2D eigenvalue weighted by Crippen LogP contribution is -2.55. The van der Waals surface area contributed by atoms with Crippen LogP contribution in [-0.2, 0) is 11.4 Å². The number of aromatic nitrogens is 2. The van der Waals surface area contributed by atoms with Gasteiger partial charge in [0.1, 0.15) is 17.4 Å². The van der Waals surface area contributed by atoms with Crippen LogP contribution in [-0.4, -0.2) is 53.0 Å². The molecule has 3 aromatic rings. The molecule has 0 saturated heterocycles. The molecule has 1 amide bonds. The smallest absolute Gasteiger partial charge is 0.280 e. The zero-order valence-electron chi connectivity index (χ0n) is 27.7. The van der Waals surface area contributed by atoms with Crippen molar-refractivity contribution in [1.29, 1.82) is 5.26 Å². The summed E-state index contributed by atoms with van der Waals surface area (Å²) >= 11 is 1.38. The fourth-order valence-electron chi connectivity index (χ4n) is 5.08. The minimum absolute atomic E-state index is 0.0275. The van der Waals surface area contributed by atoms with Crippen LogP contribution in [0.15, 0.2) is 16.9 Å². The van der Waals surface area contributed by atoms with E-state index in [1.54, 1.807) is 34.0 Å². The number of aromatic hydroxyl groups is 1. The maximum atomic E-state index is 14.1. The van der Waals surface area contributed by atoms with Gasteiger partial charge in [-0.05, 0) is 43.0 Å². The van der Waals surface area contributed by atoms with E-state index in [1.165, 1.54) is 18.4 Å². The van der Waals surface area contributed by atoms with Crippen molar-refractivity contribution in [2.45, 2.75) is 73.8 Å². The molecule has 0 spiro atoms. The summed E-state index contributed by atoms with van der Waals surface area (Å²) < 4.78 is 6.58. The van der Waals surface area contributed by atoms with Gasteiger partial charge in [0.05, 0.1) is 29.5 Å². The van der Waals surface area contributed by atoms with Crippen LogP contribution in [0.3, 0.4) is 0 Å². The van der Waals surface area contributed by atoms with Crippen LogP contribution in [0.25, 0.3) is 23.9 Å². The van der Waals surface area contributed by atoms with E-state index >= 15 is 0 Å². The second-order valence-corrected chi connectivity index (χ2v) is 13.1. The van der Waals surface area contributed by atoms with Crippen molar-refractivity contribution < 1.29 is 19.7 Å². The molecular weight excluding hydrogens is 590 g/mol. The molecular formula is C34H45N5O5S. The number of nitriles is 1. The van der Waals surface area contributed by atoms with Gasteiger partial charge in [-0.25, -0.2) is 9.99 Å². The lowest BCUT2D eigenvalue weighted by Gasteiger charge is -2.27. The van der Waals surface area contributed by atoms with Crippen molar-refractivity contribution in [1.82, 2.24) is 9.66 Å². The molecule has 0 aliphatic heterocycles. The van der Waals surface area contributed by atoms with Crippen molar-refractivity contribution in [2.24, 2.45) is 5.41 Å². The average molecular weight is 636 g/mol. The molecule has 45 heavy (non-hydrogen) atoms. The lowest BCUT2D eigenvalue weighted by atomic mass is 9.95. The number of carbonyl (C=O) groups is 1. The SMILES string of the molecule is C=c1c(C#N)c(O)n(N(C)C(=O)C(C)(C)C)c(=O)/c1=C\c1sc(N(CCCC)CCCC)nc1-c1c(CO)cc(C)cc1OC. The molecule has 242 valence electrons. The molecule has 10 nitrogen and oxygen atoms in total. The highest BCUT2D eigenvalue weighted by molar-refractivity contribution is 7.16. The summed E-state index contributed by atoms with van der Waals surface area (Å²) in [5.41, 5.74) is 0.795. The third kappa shape index (κ3) is 7.40. The monoisotopic (exact) mass is 635 g/mol. The Labute approximate surface area is 269 Å². The summed E-state index contributed by atoms with van der Waals surface area (Å²) in [5.74, 6) is -0.583. The van der Waals surface area contributed by atoms with E-state index in [1.807, 2.05) is 25.1 Å². The van der Waals surface area contributed by atoms with Crippen LogP contribution in [0, 0.1) is 23.7 Å². The Morgan fingerprint density at radius 2 is 1.84 bits per heavy atom. The fraction of sp³-hybridized carbons (Fsp3) is 0.471. The van der Waals surface area contributed by atoms with E-state index in [2.05, 4.69) is 25.3 Å². The molecule has 0 radical (unpaired) electrons. The van der Waals surface area contributed by atoms with Gasteiger partial charge >= 0.3 is 0 Å². The summed E-state index contributed by atoms with van der Waals surface area (Å²) in [6, 6.07) is 5.68. The summed E-state index contributed by atoms with van der Waals surface area (Å²) in [5, 5.41) is 33.2. The summed E-state index contributed by atoms with van der Waals surface area (Å²) in [6.45, 7) is 16.6. The molecule has 2 N–H and O–H groups in total. The number of unbranched alkanes of at least 4 members (excludes halogenated alkanes) is 2. The summed E-state index contributed by atoms with van der Waals surface area (Å²) in [7, 11) is 2.93. The van der Waals surface area contributed by atoms with E-state index in [0.29, 0.717) is 27.4 Å². The van der Waals surface area contributed by atoms with Crippen molar-refractivity contribution in [2.75, 3.05) is 37.2 Å². The van der Waals surface area contributed by atoms with E-state index in [-0.39, 0.29) is 22.6 Å². The molecule has 2 heterocycles. The summed E-state index contributed by atoms with van der Waals surface area (Å²) in [4.78, 5) is 35.1. The molecule has 0 bridgehead atoms. The van der Waals surface area contributed by atoms with Crippen molar-refractivity contribution in [3.63, 3.8) is 0 Å². The first-order chi connectivity index (χ1) is 21.2. The molecule has 0 saturated carbocycles. The molecule has 0 unspecified atom stereocenters. The van der Waals surface area contributed by atoms with E-state index in [0.717, 1.165) is 59.2 Å². The minimum Gasteiger partial charge on any atom is -0.496 e. The molecule has 1 aromatic carbocycles. The number of rotatable bonds is 12. The highest BCUT2D eigenvalue weighted by Gasteiger charge is 2.29. The number of anilines is 1. The lowest BCUT2D eigenvalue weighted by molar-refractivity contribution is -0.127. The van der Waals surface area contributed by atoms with E-state index in [9.17, 15) is 25.1 Å². The predicted molar refractivity (Wildman–Crippen MR) is 181 cm³/mol. The highest BCUT2D eigenvalue weighted by atomic mass is 32.1. The Morgan fingerprint density at radius 3 is 2.36 bits per heavy atom. The van der Waals surface area contributed by atoms with Crippen LogP contribution >= 0.6 is 11.3 Å². The molecule has 2 aromatic heterocycles. The number of methoxy groups -OCH3 is 1. The first kappa shape index (κ1) is 35.3. The zero-order valence-corrected chi connectivity index (χ0v) is 28.5. The van der Waals surface area contributed by atoms with Crippen molar-refractivity contribution >= 4 is 35.0 Å². The van der Waals surface area contributed by atoms with E-state index in [4.69, 9.17) is 9.72 Å². The van der Waals surface area contributed by atoms with Gasteiger partial charge in [0.2, 0.25) is 11.8 Å². The molecule has 0 aliphatic carbocycles. The number of aliphatic hydroxyl groups is 1. The van der Waals surface area contributed by atoms with Crippen molar-refractivity contribution in [3.05, 3.63) is 54.5 Å². The molecule has 3 rings (SSSR count). The van der Waals surface area contributed by atoms with Crippen LogP contribution < -0.4 is 30.6 Å². The zero-order chi connectivity index (χ0) is 33.6. The Bertz CT molecular complexity index is 1730. The van der Waals surface area contributed by atoms with Crippen LogP contribution in [0.1, 0.15) is 81.9 Å². The Morgan fingerprint density at radius 1 is 1.22 bits per heavy atom. The number of nitrogens with zero attached hydrogens (tertiary/aromatic N) is 5. The number of aliphatic hydroxyl groups excluding tert-OH is 1. The van der Waals surface area contributed by atoms with Gasteiger partial charge in [-0.3, -0.25) is 9.59 Å². The standard InChI is InChI=1S/C34H45N5O5S/c1-10-12-14-38(15-13-11-2)33-36-29(28-23(20-40)16-21(3)17-26(28)44-9)27(45-33)18-24-22(4)25(19-35)31(42)39(30(24)41)37(8)32(43)34(5,6)7/h16-18,40,42H,4,10-15,20H2,1-3,5-9H3/b24-18-. The number of aryl methyl sites for hydroxylation is 1. The number of thiazole rings is 1. The number of benzene rings is 1. The van der Waals surface area contributed by atoms with Crippen LogP contribution in [0.4, 0.5) is 5.13 Å². The van der Waals surface area contributed by atoms with Gasteiger partial charge in [0.15, 0.2) is 5.13 Å². The van der Waals surface area contributed by atoms with Gasteiger partial charge in [0, 0.05) is 36.3 Å². The van der Waals surface area contributed by atoms with Gasteiger partial charge in [-0.15, -0.1) is 0 Å². The molecule has 0 aliphatic rings. The maximum absolute atomic E-state index is 14.1. The first-order valence-corrected chi connectivity index (χ1v) is 16.0. The Kier molecular flexibility index (Phi) is 11.6. The molecule has 0 atom stereocenters. The number of carbonyl (C=O) groups excluding carboxylic acids is 1. The van der Waals surface area contributed by atoms with Crippen LogP contribution in [0.2, 0.25) is 0 Å². The maximum Gasteiger partial charge on any atom is 0.280 e. The van der Waals surface area contributed by atoms with Crippen LogP contribution in [0.5, 0.6) is 11.6 Å². The first-order valence-electron chi connectivity index (χ1n) is 15.2. The van der Waals surface area contributed by atoms with Gasteiger partial charge in [-0.2, -0.15) is 9.94 Å². The fourth-order valence-corrected chi connectivity index (χ4v) is 6.15. The molecule has 11 heteroatoms. The number of amides is 1. The third-order valence-electron chi connectivity index (χ3n) is 7.53. The normalized spacial score (nSPS) is 11.9. The predicted octanol–water partition coefficient (Wildman–Crippen LogP) is 4.14. The topological polar surface area (TPSA) is 132 Å². The second kappa shape index (κ2) is 14.8. The quantitative estimate of drug-likeness (QED) is 0.304. The van der Waals surface area contributed by atoms with E-state index < -0.39 is 22.8 Å². The molecule has 0 fully saturated rings. The minimum atomic E-state index is -0.872. The number of ether oxygens (including phenoxy) is 1. The van der Waals surface area contributed by atoms with Gasteiger partial charge in [0.25, 0.3) is 5.56 Å². The number of hydrogen-bond acceptors (Lipinski definition) is 9. The second-order valence-electron chi connectivity index (χ2n) is 12.1. The summed E-state index contributed by atoms with van der Waals surface area (Å²) in [6.07, 6.45) is 5.56. The third-order valence-corrected chi connectivity index (χ3v) is 8.59. The van der Waals surface area contributed by atoms with Crippen molar-refractivity contribution in [3.8, 4) is 29.0 Å². The number of pyridine rings is 1. The Balaban J connectivity index is 2.49. The average Bonchev–Trinajstić information content (AvgIpc) is 3.41. The van der Waals surface area contributed by atoms with Gasteiger partial charge < -0.3 is 19.8 Å².